The van der Waals surface area contributed by atoms with Crippen LogP contribution in [-0.4, -0.2) is 16.2 Å². The molecule has 1 atom stereocenters. The smallest absolute Gasteiger partial charge is 0.240 e. The van der Waals surface area contributed by atoms with Crippen LogP contribution in [0.2, 0.25) is 0 Å². The fourth-order valence-corrected chi connectivity index (χ4v) is 2.10. The number of aryl methyl sites for hydroxylation is 1. The Labute approximate surface area is 105 Å². The Morgan fingerprint density at radius 2 is 2.33 bits per heavy atom. The van der Waals surface area contributed by atoms with Gasteiger partial charge in [0.15, 0.2) is 0 Å². The number of aromatic nitrogens is 2. The second-order valence-corrected chi connectivity index (χ2v) is 4.51. The van der Waals surface area contributed by atoms with Crippen molar-refractivity contribution in [3.05, 3.63) is 29.7 Å². The first kappa shape index (κ1) is 11.2. The second kappa shape index (κ2) is 4.42. The maximum absolute atomic E-state index is 5.82. The van der Waals surface area contributed by atoms with Crippen molar-refractivity contribution in [2.75, 3.05) is 0 Å². The summed E-state index contributed by atoms with van der Waals surface area (Å²) in [5, 5.41) is 3.90. The molecule has 0 radical (unpaired) electrons. The SMILES string of the molecule is CC1CCc2ccc(-c3noc(CN)n3)cc2O1. The molecule has 2 aromatic rings. The zero-order valence-electron chi connectivity index (χ0n) is 10.2. The summed E-state index contributed by atoms with van der Waals surface area (Å²) in [5.41, 5.74) is 7.58. The van der Waals surface area contributed by atoms with Gasteiger partial charge < -0.3 is 15.0 Å². The van der Waals surface area contributed by atoms with Crippen LogP contribution in [0, 0.1) is 0 Å². The Balaban J connectivity index is 1.96. The van der Waals surface area contributed by atoms with Crippen LogP contribution in [0.25, 0.3) is 11.4 Å². The molecule has 2 heterocycles. The highest BCUT2D eigenvalue weighted by Crippen LogP contribution is 2.31. The van der Waals surface area contributed by atoms with E-state index in [2.05, 4.69) is 23.1 Å². The number of fused-ring (bicyclic) bond motifs is 1. The Bertz CT molecular complexity index is 565. The van der Waals surface area contributed by atoms with Gasteiger partial charge >= 0.3 is 0 Å². The molecular formula is C13H15N3O2. The van der Waals surface area contributed by atoms with Crippen molar-refractivity contribution in [1.29, 1.82) is 0 Å². The molecule has 0 amide bonds. The van der Waals surface area contributed by atoms with Crippen LogP contribution in [0.15, 0.2) is 22.7 Å². The van der Waals surface area contributed by atoms with E-state index in [1.54, 1.807) is 0 Å². The molecule has 1 aliphatic heterocycles. The van der Waals surface area contributed by atoms with Crippen LogP contribution in [-0.2, 0) is 13.0 Å². The van der Waals surface area contributed by atoms with Crippen LogP contribution < -0.4 is 10.5 Å². The quantitative estimate of drug-likeness (QED) is 0.874. The van der Waals surface area contributed by atoms with Gasteiger partial charge in [-0.05, 0) is 31.4 Å². The molecule has 94 valence electrons. The van der Waals surface area contributed by atoms with Crippen LogP contribution in [0.3, 0.4) is 0 Å². The van der Waals surface area contributed by atoms with E-state index in [0.717, 1.165) is 24.2 Å². The molecule has 1 aromatic carbocycles. The van der Waals surface area contributed by atoms with Gasteiger partial charge in [0.1, 0.15) is 5.75 Å². The van der Waals surface area contributed by atoms with E-state index in [0.29, 0.717) is 11.7 Å². The molecule has 0 saturated heterocycles. The molecule has 18 heavy (non-hydrogen) atoms. The van der Waals surface area contributed by atoms with Crippen LogP contribution in [0.5, 0.6) is 5.75 Å². The highest BCUT2D eigenvalue weighted by molar-refractivity contribution is 5.59. The van der Waals surface area contributed by atoms with Crippen molar-refractivity contribution >= 4 is 0 Å². The van der Waals surface area contributed by atoms with Crippen LogP contribution in [0.1, 0.15) is 24.8 Å². The maximum Gasteiger partial charge on any atom is 0.240 e. The van der Waals surface area contributed by atoms with Gasteiger partial charge in [0.05, 0.1) is 12.6 Å². The summed E-state index contributed by atoms with van der Waals surface area (Å²) < 4.78 is 10.8. The maximum atomic E-state index is 5.82. The van der Waals surface area contributed by atoms with Gasteiger partial charge in [-0.15, -0.1) is 0 Å². The molecule has 2 N–H and O–H groups in total. The van der Waals surface area contributed by atoms with Crippen molar-refractivity contribution < 1.29 is 9.26 Å². The minimum atomic E-state index is 0.255. The lowest BCUT2D eigenvalue weighted by Crippen LogP contribution is -2.18. The first-order valence-corrected chi connectivity index (χ1v) is 6.09. The largest absolute Gasteiger partial charge is 0.490 e. The van der Waals surface area contributed by atoms with Gasteiger partial charge in [0.2, 0.25) is 11.7 Å². The third-order valence-corrected chi connectivity index (χ3v) is 3.12. The van der Waals surface area contributed by atoms with Gasteiger partial charge in [0, 0.05) is 5.56 Å². The van der Waals surface area contributed by atoms with Gasteiger partial charge in [-0.1, -0.05) is 17.3 Å². The number of hydrogen-bond acceptors (Lipinski definition) is 5. The summed E-state index contributed by atoms with van der Waals surface area (Å²) in [6.45, 7) is 2.34. The topological polar surface area (TPSA) is 74.2 Å². The van der Waals surface area contributed by atoms with E-state index >= 15 is 0 Å². The lowest BCUT2D eigenvalue weighted by Gasteiger charge is -2.23. The molecule has 1 aliphatic rings. The van der Waals surface area contributed by atoms with E-state index in [1.165, 1.54) is 5.56 Å². The Hall–Kier alpha value is -1.88. The number of nitrogens with zero attached hydrogens (tertiary/aromatic N) is 2. The summed E-state index contributed by atoms with van der Waals surface area (Å²) in [7, 11) is 0. The number of nitrogens with two attached hydrogens (primary N) is 1. The molecular weight excluding hydrogens is 230 g/mol. The average molecular weight is 245 g/mol. The van der Waals surface area contributed by atoms with Gasteiger partial charge in [0.25, 0.3) is 0 Å². The van der Waals surface area contributed by atoms with Crippen molar-refractivity contribution in [2.24, 2.45) is 5.73 Å². The Morgan fingerprint density at radius 3 is 3.11 bits per heavy atom. The normalized spacial score (nSPS) is 18.2. The molecule has 0 saturated carbocycles. The van der Waals surface area contributed by atoms with Crippen molar-refractivity contribution in [1.82, 2.24) is 10.1 Å². The molecule has 0 fully saturated rings. The number of rotatable bonds is 2. The molecule has 1 aromatic heterocycles. The lowest BCUT2D eigenvalue weighted by molar-refractivity contribution is 0.192. The summed E-state index contributed by atoms with van der Waals surface area (Å²) in [5.74, 6) is 1.92. The van der Waals surface area contributed by atoms with Gasteiger partial charge in [-0.3, -0.25) is 0 Å². The summed E-state index contributed by atoms with van der Waals surface area (Å²) in [4.78, 5) is 4.21. The second-order valence-electron chi connectivity index (χ2n) is 4.51. The van der Waals surface area contributed by atoms with E-state index in [4.69, 9.17) is 15.0 Å². The molecule has 0 bridgehead atoms. The molecule has 5 nitrogen and oxygen atoms in total. The third-order valence-electron chi connectivity index (χ3n) is 3.12. The van der Waals surface area contributed by atoms with E-state index in [9.17, 15) is 0 Å². The van der Waals surface area contributed by atoms with Crippen LogP contribution >= 0.6 is 0 Å². The number of ether oxygens (including phenoxy) is 1. The van der Waals surface area contributed by atoms with Gasteiger partial charge in [-0.25, -0.2) is 0 Å². The van der Waals surface area contributed by atoms with E-state index in [1.807, 2.05) is 12.1 Å². The molecule has 0 aliphatic carbocycles. The summed E-state index contributed by atoms with van der Waals surface area (Å²) >= 11 is 0. The average Bonchev–Trinajstić information content (AvgIpc) is 2.86. The minimum absolute atomic E-state index is 0.255. The highest BCUT2D eigenvalue weighted by atomic mass is 16.5. The molecule has 3 rings (SSSR count). The zero-order valence-corrected chi connectivity index (χ0v) is 10.2. The standard InChI is InChI=1S/C13H15N3O2/c1-8-2-3-9-4-5-10(6-11(9)17-8)13-15-12(7-14)18-16-13/h4-6,8H,2-3,7,14H2,1H3. The van der Waals surface area contributed by atoms with Gasteiger partial charge in [-0.2, -0.15) is 4.98 Å². The molecule has 5 heteroatoms. The van der Waals surface area contributed by atoms with E-state index < -0.39 is 0 Å². The fraction of sp³-hybridized carbons (Fsp3) is 0.385. The Kier molecular flexibility index (Phi) is 2.76. The number of benzene rings is 1. The summed E-state index contributed by atoms with van der Waals surface area (Å²) in [6.07, 6.45) is 2.38. The monoisotopic (exact) mass is 245 g/mol. The highest BCUT2D eigenvalue weighted by Gasteiger charge is 2.17. The molecule has 0 spiro atoms. The first-order valence-electron chi connectivity index (χ1n) is 6.09. The first-order chi connectivity index (χ1) is 8.76. The van der Waals surface area contributed by atoms with Crippen molar-refractivity contribution in [3.8, 4) is 17.1 Å². The molecule has 1 unspecified atom stereocenters. The number of hydrogen-bond donors (Lipinski definition) is 1. The summed E-state index contributed by atoms with van der Waals surface area (Å²) in [6, 6.07) is 6.02. The predicted molar refractivity (Wildman–Crippen MR) is 66.0 cm³/mol. The van der Waals surface area contributed by atoms with Crippen LogP contribution in [0.4, 0.5) is 0 Å². The van der Waals surface area contributed by atoms with Crippen molar-refractivity contribution in [2.45, 2.75) is 32.4 Å². The van der Waals surface area contributed by atoms with Crippen molar-refractivity contribution in [3.63, 3.8) is 0 Å². The zero-order chi connectivity index (χ0) is 12.5. The fourth-order valence-electron chi connectivity index (χ4n) is 2.10. The minimum Gasteiger partial charge on any atom is -0.490 e. The predicted octanol–water partition coefficient (Wildman–Crippen LogP) is 1.91. The third kappa shape index (κ3) is 1.97. The lowest BCUT2D eigenvalue weighted by atomic mass is 10.0. The van der Waals surface area contributed by atoms with E-state index in [-0.39, 0.29) is 12.6 Å². The Morgan fingerprint density at radius 1 is 1.44 bits per heavy atom.